The van der Waals surface area contributed by atoms with E-state index in [1.807, 2.05) is 24.3 Å². The van der Waals surface area contributed by atoms with Gasteiger partial charge in [0, 0.05) is 37.6 Å². The highest BCUT2D eigenvalue weighted by molar-refractivity contribution is 5.57. The first-order valence-corrected chi connectivity index (χ1v) is 9.36. The molecule has 0 aliphatic carbocycles. The molecule has 0 spiro atoms. The van der Waals surface area contributed by atoms with Gasteiger partial charge in [0.05, 0.1) is 24.9 Å². The van der Waals surface area contributed by atoms with Crippen molar-refractivity contribution in [3.05, 3.63) is 60.3 Å². The lowest BCUT2D eigenvalue weighted by Crippen LogP contribution is -2.46. The second-order valence-corrected chi connectivity index (χ2v) is 6.63. The maximum Gasteiger partial charge on any atom is 0.249 e. The third-order valence-corrected chi connectivity index (χ3v) is 4.84. The molecule has 0 bridgehead atoms. The molecular weight excluding hydrogens is 366 g/mol. The largest absolute Gasteiger partial charge is 0.497 e. The normalized spacial score (nSPS) is 13.7. The number of ether oxygens (including phenoxy) is 1. The molecule has 1 aliphatic rings. The van der Waals surface area contributed by atoms with Crippen molar-refractivity contribution in [2.24, 2.45) is 0 Å². The zero-order chi connectivity index (χ0) is 20.1. The van der Waals surface area contributed by atoms with Crippen LogP contribution in [0.15, 0.2) is 54.7 Å². The Hall–Kier alpha value is -3.86. The Labute approximate surface area is 169 Å². The highest BCUT2D eigenvalue weighted by Crippen LogP contribution is 2.22. The maximum absolute atomic E-state index is 9.03. The number of aromatic nitrogens is 3. The Morgan fingerprint density at radius 2 is 1.79 bits per heavy atom. The number of piperazine rings is 1. The predicted octanol–water partition coefficient (Wildman–Crippen LogP) is 2.82. The maximum atomic E-state index is 9.03. The van der Waals surface area contributed by atoms with Crippen LogP contribution in [0.2, 0.25) is 0 Å². The van der Waals surface area contributed by atoms with Gasteiger partial charge in [-0.1, -0.05) is 6.07 Å². The van der Waals surface area contributed by atoms with E-state index < -0.39 is 0 Å². The fourth-order valence-corrected chi connectivity index (χ4v) is 3.28. The number of rotatable bonds is 5. The van der Waals surface area contributed by atoms with Crippen LogP contribution in [0.4, 0.5) is 23.1 Å². The van der Waals surface area contributed by atoms with Crippen LogP contribution in [-0.4, -0.2) is 48.5 Å². The molecule has 2 aromatic carbocycles. The van der Waals surface area contributed by atoms with Gasteiger partial charge >= 0.3 is 0 Å². The Bertz CT molecular complexity index is 1010. The van der Waals surface area contributed by atoms with E-state index in [4.69, 9.17) is 10.00 Å². The number of anilines is 4. The van der Waals surface area contributed by atoms with Gasteiger partial charge in [0.15, 0.2) is 5.82 Å². The highest BCUT2D eigenvalue weighted by atomic mass is 16.5. The topological polar surface area (TPSA) is 90.2 Å². The van der Waals surface area contributed by atoms with E-state index in [9.17, 15) is 0 Å². The molecule has 3 aromatic rings. The monoisotopic (exact) mass is 387 g/mol. The average molecular weight is 387 g/mol. The van der Waals surface area contributed by atoms with Crippen LogP contribution in [0.25, 0.3) is 0 Å². The lowest BCUT2D eigenvalue weighted by Gasteiger charge is -2.36. The minimum atomic E-state index is 0.412. The zero-order valence-corrected chi connectivity index (χ0v) is 16.1. The highest BCUT2D eigenvalue weighted by Gasteiger charge is 2.19. The number of hydrogen-bond acceptors (Lipinski definition) is 8. The third-order valence-electron chi connectivity index (χ3n) is 4.84. The lowest BCUT2D eigenvalue weighted by atomic mass is 10.2. The van der Waals surface area contributed by atoms with Gasteiger partial charge in [-0.25, -0.2) is 0 Å². The predicted molar refractivity (Wildman–Crippen MR) is 112 cm³/mol. The molecule has 0 atom stereocenters. The van der Waals surface area contributed by atoms with Gasteiger partial charge in [-0.2, -0.15) is 15.3 Å². The first-order valence-electron chi connectivity index (χ1n) is 9.36. The van der Waals surface area contributed by atoms with Crippen molar-refractivity contribution in [1.29, 1.82) is 5.26 Å². The zero-order valence-electron chi connectivity index (χ0n) is 16.1. The minimum absolute atomic E-state index is 0.412. The van der Waals surface area contributed by atoms with Crippen LogP contribution in [0.5, 0.6) is 5.75 Å². The van der Waals surface area contributed by atoms with Gasteiger partial charge in [-0.15, -0.1) is 5.10 Å². The van der Waals surface area contributed by atoms with E-state index in [0.29, 0.717) is 11.5 Å². The first-order chi connectivity index (χ1) is 14.2. The molecule has 8 heteroatoms. The molecule has 0 radical (unpaired) electrons. The summed E-state index contributed by atoms with van der Waals surface area (Å²) in [6, 6.07) is 17.4. The summed E-state index contributed by atoms with van der Waals surface area (Å²) in [5.74, 6) is 2.06. The van der Waals surface area contributed by atoms with Crippen LogP contribution < -0.4 is 19.9 Å². The summed E-state index contributed by atoms with van der Waals surface area (Å²) < 4.78 is 5.23. The summed E-state index contributed by atoms with van der Waals surface area (Å²) in [6.45, 7) is 3.47. The fourth-order valence-electron chi connectivity index (χ4n) is 3.28. The third kappa shape index (κ3) is 4.35. The van der Waals surface area contributed by atoms with E-state index in [-0.39, 0.29) is 0 Å². The van der Waals surface area contributed by atoms with Crippen molar-refractivity contribution in [1.82, 2.24) is 15.2 Å². The van der Waals surface area contributed by atoms with E-state index in [1.54, 1.807) is 25.4 Å². The summed E-state index contributed by atoms with van der Waals surface area (Å²) in [4.78, 5) is 9.14. The Morgan fingerprint density at radius 3 is 2.52 bits per heavy atom. The number of hydrogen-bond donors (Lipinski definition) is 1. The molecule has 1 aromatic heterocycles. The number of methoxy groups -OCH3 is 1. The van der Waals surface area contributed by atoms with Gasteiger partial charge in [0.2, 0.25) is 5.95 Å². The number of nitrogens with zero attached hydrogens (tertiary/aromatic N) is 6. The van der Waals surface area contributed by atoms with Crippen LogP contribution in [0.3, 0.4) is 0 Å². The SMILES string of the molecule is COc1ccc(N2CCN(c3cnnc(Nc4cccc(C#N)c4)n3)CC2)cc1. The molecule has 146 valence electrons. The minimum Gasteiger partial charge on any atom is -0.497 e. The van der Waals surface area contributed by atoms with Crippen molar-refractivity contribution >= 4 is 23.1 Å². The van der Waals surface area contributed by atoms with Crippen molar-refractivity contribution in [2.75, 3.05) is 48.4 Å². The summed E-state index contributed by atoms with van der Waals surface area (Å²) in [5, 5.41) is 20.3. The quantitative estimate of drug-likeness (QED) is 0.715. The van der Waals surface area contributed by atoms with Crippen molar-refractivity contribution in [3.63, 3.8) is 0 Å². The van der Waals surface area contributed by atoms with E-state index in [1.165, 1.54) is 5.69 Å². The molecule has 0 saturated carbocycles. The van der Waals surface area contributed by atoms with Gasteiger partial charge in [0.1, 0.15) is 5.75 Å². The number of benzene rings is 2. The number of nitriles is 1. The van der Waals surface area contributed by atoms with Crippen molar-refractivity contribution in [2.45, 2.75) is 0 Å². The molecule has 8 nitrogen and oxygen atoms in total. The molecule has 1 N–H and O–H groups in total. The molecule has 0 unspecified atom stereocenters. The fraction of sp³-hybridized carbons (Fsp3) is 0.238. The standard InChI is InChI=1S/C21H21N7O/c1-29-19-7-5-18(6-8-19)27-9-11-28(12-10-27)20-15-23-26-21(25-20)24-17-4-2-3-16(13-17)14-22/h2-8,13,15H,9-12H2,1H3,(H,24,25,26). The molecule has 1 fully saturated rings. The summed E-state index contributed by atoms with van der Waals surface area (Å²) in [7, 11) is 1.67. The lowest BCUT2D eigenvalue weighted by molar-refractivity contribution is 0.415. The first kappa shape index (κ1) is 18.5. The Morgan fingerprint density at radius 1 is 1.03 bits per heavy atom. The van der Waals surface area contributed by atoms with Crippen molar-refractivity contribution < 1.29 is 4.74 Å². The Balaban J connectivity index is 1.40. The smallest absolute Gasteiger partial charge is 0.249 e. The molecule has 2 heterocycles. The second-order valence-electron chi connectivity index (χ2n) is 6.63. The molecular formula is C21H21N7O. The van der Waals surface area contributed by atoms with Gasteiger partial charge < -0.3 is 19.9 Å². The van der Waals surface area contributed by atoms with Gasteiger partial charge in [-0.05, 0) is 42.5 Å². The van der Waals surface area contributed by atoms with E-state index >= 15 is 0 Å². The molecule has 1 saturated heterocycles. The molecule has 29 heavy (non-hydrogen) atoms. The van der Waals surface area contributed by atoms with Crippen LogP contribution in [0.1, 0.15) is 5.56 Å². The van der Waals surface area contributed by atoms with Gasteiger partial charge in [0.25, 0.3) is 0 Å². The van der Waals surface area contributed by atoms with Gasteiger partial charge in [-0.3, -0.25) is 0 Å². The molecule has 1 aliphatic heterocycles. The van der Waals surface area contributed by atoms with E-state index in [0.717, 1.165) is 43.4 Å². The summed E-state index contributed by atoms with van der Waals surface area (Å²) in [5.41, 5.74) is 2.52. The van der Waals surface area contributed by atoms with Crippen LogP contribution in [-0.2, 0) is 0 Å². The summed E-state index contributed by atoms with van der Waals surface area (Å²) in [6.07, 6.45) is 1.68. The number of nitrogens with one attached hydrogen (secondary N) is 1. The average Bonchev–Trinajstić information content (AvgIpc) is 2.79. The Kier molecular flexibility index (Phi) is 5.38. The summed E-state index contributed by atoms with van der Waals surface area (Å²) >= 11 is 0. The van der Waals surface area contributed by atoms with Crippen LogP contribution in [0, 0.1) is 11.3 Å². The van der Waals surface area contributed by atoms with Crippen molar-refractivity contribution in [3.8, 4) is 11.8 Å². The van der Waals surface area contributed by atoms with E-state index in [2.05, 4.69) is 48.5 Å². The molecule has 0 amide bonds. The van der Waals surface area contributed by atoms with Crippen LogP contribution >= 0.6 is 0 Å². The molecule has 4 rings (SSSR count). The second kappa shape index (κ2) is 8.44.